The molecular weight excluding hydrogens is 340 g/mol. The van der Waals surface area contributed by atoms with Crippen LogP contribution in [0.25, 0.3) is 0 Å². The van der Waals surface area contributed by atoms with Crippen molar-refractivity contribution in [2.75, 3.05) is 35.9 Å². The van der Waals surface area contributed by atoms with E-state index in [0.717, 1.165) is 5.69 Å². The predicted octanol–water partition coefficient (Wildman–Crippen LogP) is 3.10. The van der Waals surface area contributed by atoms with Gasteiger partial charge in [-0.2, -0.15) is 0 Å². The Balaban J connectivity index is 2.02. The van der Waals surface area contributed by atoms with Crippen molar-refractivity contribution >= 4 is 21.4 Å². The lowest BCUT2D eigenvalue weighted by Gasteiger charge is -2.31. The molecule has 2 aromatic carbocycles. The fourth-order valence-corrected chi connectivity index (χ4v) is 4.32. The number of ether oxygens (including phenoxy) is 2. The van der Waals surface area contributed by atoms with Crippen molar-refractivity contribution in [3.8, 4) is 11.5 Å². The van der Waals surface area contributed by atoms with Crippen LogP contribution in [-0.2, 0) is 10.0 Å². The van der Waals surface area contributed by atoms with E-state index in [1.807, 2.05) is 32.0 Å². The van der Waals surface area contributed by atoms with Crippen LogP contribution in [0.3, 0.4) is 0 Å². The van der Waals surface area contributed by atoms with E-state index in [2.05, 4.69) is 5.32 Å². The summed E-state index contributed by atoms with van der Waals surface area (Å²) in [7, 11) is -3.69. The van der Waals surface area contributed by atoms with E-state index in [1.165, 1.54) is 10.4 Å². The molecule has 134 valence electrons. The molecule has 25 heavy (non-hydrogen) atoms. The summed E-state index contributed by atoms with van der Waals surface area (Å²) in [6.07, 6.45) is 0. The van der Waals surface area contributed by atoms with Crippen molar-refractivity contribution in [1.82, 2.24) is 0 Å². The van der Waals surface area contributed by atoms with Crippen molar-refractivity contribution in [2.24, 2.45) is 0 Å². The highest BCUT2D eigenvalue weighted by Gasteiger charge is 2.29. The predicted molar refractivity (Wildman–Crippen MR) is 98.2 cm³/mol. The second-order valence-corrected chi connectivity index (χ2v) is 7.36. The maximum absolute atomic E-state index is 13.2. The fourth-order valence-electron chi connectivity index (χ4n) is 2.82. The molecule has 0 bridgehead atoms. The first kappa shape index (κ1) is 17.4. The van der Waals surface area contributed by atoms with Gasteiger partial charge in [0.1, 0.15) is 0 Å². The summed E-state index contributed by atoms with van der Waals surface area (Å²) < 4.78 is 38.9. The van der Waals surface area contributed by atoms with Gasteiger partial charge in [0.25, 0.3) is 10.0 Å². The van der Waals surface area contributed by atoms with E-state index in [4.69, 9.17) is 9.47 Å². The van der Waals surface area contributed by atoms with Gasteiger partial charge in [0.2, 0.25) is 0 Å². The van der Waals surface area contributed by atoms with Gasteiger partial charge in [0, 0.05) is 12.6 Å². The van der Waals surface area contributed by atoms with Crippen LogP contribution in [0.1, 0.15) is 13.8 Å². The van der Waals surface area contributed by atoms with E-state index in [9.17, 15) is 8.42 Å². The van der Waals surface area contributed by atoms with Gasteiger partial charge in [-0.25, -0.2) is 8.42 Å². The van der Waals surface area contributed by atoms with E-state index >= 15 is 0 Å². The average Bonchev–Trinajstić information content (AvgIpc) is 2.63. The molecule has 1 aliphatic heterocycles. The number of rotatable bonds is 6. The summed E-state index contributed by atoms with van der Waals surface area (Å²) in [5.41, 5.74) is 1.47. The first-order valence-corrected chi connectivity index (χ1v) is 9.77. The third kappa shape index (κ3) is 3.37. The maximum Gasteiger partial charge on any atom is 0.264 e. The summed E-state index contributed by atoms with van der Waals surface area (Å²) in [5.74, 6) is 0.984. The van der Waals surface area contributed by atoms with Gasteiger partial charge in [0.05, 0.1) is 36.0 Å². The zero-order valence-corrected chi connectivity index (χ0v) is 15.2. The Bertz CT molecular complexity index is 852. The number of hydrogen-bond acceptors (Lipinski definition) is 5. The van der Waals surface area contributed by atoms with Crippen LogP contribution in [-0.4, -0.2) is 34.7 Å². The normalized spacial score (nSPS) is 13.8. The lowest BCUT2D eigenvalue weighted by molar-refractivity contribution is 0.287. The number of anilines is 2. The number of nitrogens with zero attached hydrogens (tertiary/aromatic N) is 1. The molecule has 0 unspecified atom stereocenters. The second kappa shape index (κ2) is 7.23. The van der Waals surface area contributed by atoms with Crippen LogP contribution in [0.5, 0.6) is 11.5 Å². The van der Waals surface area contributed by atoms with Gasteiger partial charge in [-0.1, -0.05) is 12.1 Å². The molecule has 1 aliphatic rings. The molecule has 0 amide bonds. The lowest BCUT2D eigenvalue weighted by Crippen LogP contribution is -2.38. The molecule has 0 saturated carbocycles. The number of para-hydroxylation sites is 2. The second-order valence-electron chi connectivity index (χ2n) is 5.50. The molecule has 0 saturated heterocycles. The number of hydrogen-bond donors (Lipinski definition) is 1. The highest BCUT2D eigenvalue weighted by atomic mass is 32.2. The van der Waals surface area contributed by atoms with E-state index in [-0.39, 0.29) is 4.90 Å². The van der Waals surface area contributed by atoms with Gasteiger partial charge < -0.3 is 14.8 Å². The Morgan fingerprint density at radius 2 is 1.76 bits per heavy atom. The Kier molecular flexibility index (Phi) is 5.03. The molecule has 0 spiro atoms. The van der Waals surface area contributed by atoms with Crippen molar-refractivity contribution < 1.29 is 17.9 Å². The summed E-state index contributed by atoms with van der Waals surface area (Å²) >= 11 is 0. The molecule has 0 aromatic heterocycles. The van der Waals surface area contributed by atoms with Crippen molar-refractivity contribution in [3.63, 3.8) is 0 Å². The van der Waals surface area contributed by atoms with Crippen LogP contribution in [0.15, 0.2) is 47.4 Å². The monoisotopic (exact) mass is 362 g/mol. The SMILES string of the molecule is CCOc1ccc(S(=O)(=O)N2CCNc3ccccc32)cc1OCC. The minimum absolute atomic E-state index is 0.191. The van der Waals surface area contributed by atoms with Crippen molar-refractivity contribution in [3.05, 3.63) is 42.5 Å². The third-order valence-corrected chi connectivity index (χ3v) is 5.72. The van der Waals surface area contributed by atoms with Crippen LogP contribution in [0.2, 0.25) is 0 Å². The van der Waals surface area contributed by atoms with E-state index < -0.39 is 10.0 Å². The minimum atomic E-state index is -3.69. The van der Waals surface area contributed by atoms with E-state index in [1.54, 1.807) is 18.2 Å². The molecular formula is C18H22N2O4S. The van der Waals surface area contributed by atoms with E-state index in [0.29, 0.717) is 43.5 Å². The number of sulfonamides is 1. The van der Waals surface area contributed by atoms with Gasteiger partial charge in [-0.3, -0.25) is 4.31 Å². The number of nitrogens with one attached hydrogen (secondary N) is 1. The van der Waals surface area contributed by atoms with Crippen LogP contribution in [0.4, 0.5) is 11.4 Å². The van der Waals surface area contributed by atoms with Gasteiger partial charge in [-0.05, 0) is 38.1 Å². The molecule has 0 fully saturated rings. The maximum atomic E-state index is 13.2. The van der Waals surface area contributed by atoms with Crippen molar-refractivity contribution in [1.29, 1.82) is 0 Å². The summed E-state index contributed by atoms with van der Waals surface area (Å²) in [6.45, 7) is 5.57. The quantitative estimate of drug-likeness (QED) is 0.855. The molecule has 7 heteroatoms. The molecule has 1 heterocycles. The van der Waals surface area contributed by atoms with Crippen LogP contribution < -0.4 is 19.1 Å². The smallest absolute Gasteiger partial charge is 0.264 e. The third-order valence-electron chi connectivity index (χ3n) is 3.91. The number of fused-ring (bicyclic) bond motifs is 1. The Morgan fingerprint density at radius 1 is 1.04 bits per heavy atom. The molecule has 0 aliphatic carbocycles. The average molecular weight is 362 g/mol. The highest BCUT2D eigenvalue weighted by Crippen LogP contribution is 2.36. The lowest BCUT2D eigenvalue weighted by atomic mass is 10.2. The Labute approximate surface area is 148 Å². The number of benzene rings is 2. The largest absolute Gasteiger partial charge is 0.490 e. The van der Waals surface area contributed by atoms with Gasteiger partial charge >= 0.3 is 0 Å². The van der Waals surface area contributed by atoms with Crippen molar-refractivity contribution in [2.45, 2.75) is 18.7 Å². The Morgan fingerprint density at radius 3 is 2.52 bits per heavy atom. The van der Waals surface area contributed by atoms with Crippen LogP contribution >= 0.6 is 0 Å². The molecule has 6 nitrogen and oxygen atoms in total. The summed E-state index contributed by atoms with van der Waals surface area (Å²) in [5, 5.41) is 3.22. The minimum Gasteiger partial charge on any atom is -0.490 e. The molecule has 0 atom stereocenters. The Hall–Kier alpha value is -2.41. The molecule has 1 N–H and O–H groups in total. The summed E-state index contributed by atoms with van der Waals surface area (Å²) in [4.78, 5) is 0.191. The molecule has 0 radical (unpaired) electrons. The first-order valence-electron chi connectivity index (χ1n) is 8.33. The summed E-state index contributed by atoms with van der Waals surface area (Å²) in [6, 6.07) is 12.1. The standard InChI is InChI=1S/C18H22N2O4S/c1-3-23-17-10-9-14(13-18(17)24-4-2)25(21,22)20-12-11-19-15-7-5-6-8-16(15)20/h5-10,13,19H,3-4,11-12H2,1-2H3. The van der Waals surface area contributed by atoms with Crippen LogP contribution in [0, 0.1) is 0 Å². The van der Waals surface area contributed by atoms with Gasteiger partial charge in [0.15, 0.2) is 11.5 Å². The zero-order valence-electron chi connectivity index (χ0n) is 14.4. The topological polar surface area (TPSA) is 67.9 Å². The molecule has 2 aromatic rings. The van der Waals surface area contributed by atoms with Gasteiger partial charge in [-0.15, -0.1) is 0 Å². The highest BCUT2D eigenvalue weighted by molar-refractivity contribution is 7.92. The molecule has 3 rings (SSSR count). The fraction of sp³-hybridized carbons (Fsp3) is 0.333. The zero-order chi connectivity index (χ0) is 17.9. The first-order chi connectivity index (χ1) is 12.1.